The highest BCUT2D eigenvalue weighted by Crippen LogP contribution is 2.15. The lowest BCUT2D eigenvalue weighted by Crippen LogP contribution is -2.01. The molecule has 6 heteroatoms. The SMILES string of the molecule is OCc1nc(-n2cncn2)ccc1Cl. The lowest BCUT2D eigenvalue weighted by Gasteiger charge is -2.03. The van der Waals surface area contributed by atoms with Crippen molar-refractivity contribution in [1.82, 2.24) is 19.7 Å². The van der Waals surface area contributed by atoms with Gasteiger partial charge in [-0.15, -0.1) is 0 Å². The molecule has 0 aliphatic carbocycles. The second kappa shape index (κ2) is 3.73. The van der Waals surface area contributed by atoms with Gasteiger partial charge in [0.05, 0.1) is 17.3 Å². The number of rotatable bonds is 2. The Morgan fingerprint density at radius 1 is 1.43 bits per heavy atom. The number of aliphatic hydroxyl groups is 1. The van der Waals surface area contributed by atoms with E-state index >= 15 is 0 Å². The molecule has 2 aromatic rings. The molecule has 0 aromatic carbocycles. The minimum atomic E-state index is -0.193. The molecule has 0 radical (unpaired) electrons. The van der Waals surface area contributed by atoms with E-state index in [0.717, 1.165) is 0 Å². The highest BCUT2D eigenvalue weighted by Gasteiger charge is 2.04. The van der Waals surface area contributed by atoms with E-state index in [-0.39, 0.29) is 6.61 Å². The highest BCUT2D eigenvalue weighted by molar-refractivity contribution is 6.31. The molecule has 0 fully saturated rings. The van der Waals surface area contributed by atoms with Crippen molar-refractivity contribution in [2.75, 3.05) is 0 Å². The predicted octanol–water partition coefficient (Wildman–Crippen LogP) is 0.808. The van der Waals surface area contributed by atoms with Crippen molar-refractivity contribution < 1.29 is 5.11 Å². The van der Waals surface area contributed by atoms with Gasteiger partial charge in [-0.2, -0.15) is 5.10 Å². The molecule has 0 saturated heterocycles. The van der Waals surface area contributed by atoms with Crippen LogP contribution in [0.3, 0.4) is 0 Å². The van der Waals surface area contributed by atoms with Crippen LogP contribution in [0, 0.1) is 0 Å². The first-order chi connectivity index (χ1) is 6.81. The number of nitrogens with zero attached hydrogens (tertiary/aromatic N) is 4. The summed E-state index contributed by atoms with van der Waals surface area (Å²) in [4.78, 5) is 7.90. The van der Waals surface area contributed by atoms with Gasteiger partial charge in [0, 0.05) is 0 Å². The molecule has 72 valence electrons. The fourth-order valence-corrected chi connectivity index (χ4v) is 1.20. The molecular weight excluding hydrogens is 204 g/mol. The lowest BCUT2D eigenvalue weighted by molar-refractivity contribution is 0.277. The van der Waals surface area contributed by atoms with Gasteiger partial charge in [-0.05, 0) is 12.1 Å². The smallest absolute Gasteiger partial charge is 0.155 e. The third-order valence-corrected chi connectivity index (χ3v) is 2.05. The molecule has 5 nitrogen and oxygen atoms in total. The zero-order valence-corrected chi connectivity index (χ0v) is 7.89. The van der Waals surface area contributed by atoms with Crippen molar-refractivity contribution in [2.45, 2.75) is 6.61 Å². The van der Waals surface area contributed by atoms with Crippen molar-refractivity contribution in [3.8, 4) is 5.82 Å². The summed E-state index contributed by atoms with van der Waals surface area (Å²) in [5, 5.41) is 13.3. The van der Waals surface area contributed by atoms with Gasteiger partial charge >= 0.3 is 0 Å². The van der Waals surface area contributed by atoms with E-state index < -0.39 is 0 Å². The van der Waals surface area contributed by atoms with Gasteiger partial charge in [0.2, 0.25) is 0 Å². The molecule has 0 spiro atoms. The summed E-state index contributed by atoms with van der Waals surface area (Å²) in [7, 11) is 0. The fraction of sp³-hybridized carbons (Fsp3) is 0.125. The zero-order valence-electron chi connectivity index (χ0n) is 7.13. The average Bonchev–Trinajstić information content (AvgIpc) is 2.71. The van der Waals surface area contributed by atoms with Crippen molar-refractivity contribution in [2.24, 2.45) is 0 Å². The quantitative estimate of drug-likeness (QED) is 0.797. The average molecular weight is 211 g/mol. The first-order valence-corrected chi connectivity index (χ1v) is 4.30. The minimum absolute atomic E-state index is 0.193. The van der Waals surface area contributed by atoms with Gasteiger partial charge in [-0.3, -0.25) is 0 Å². The first-order valence-electron chi connectivity index (χ1n) is 3.92. The maximum atomic E-state index is 8.95. The van der Waals surface area contributed by atoms with Gasteiger partial charge < -0.3 is 5.11 Å². The Balaban J connectivity index is 2.46. The number of hydrogen-bond acceptors (Lipinski definition) is 4. The lowest BCUT2D eigenvalue weighted by atomic mass is 10.3. The van der Waals surface area contributed by atoms with E-state index in [2.05, 4.69) is 15.1 Å². The van der Waals surface area contributed by atoms with Crippen LogP contribution in [0.4, 0.5) is 0 Å². The van der Waals surface area contributed by atoms with Gasteiger partial charge in [0.25, 0.3) is 0 Å². The Bertz CT molecular complexity index is 429. The molecule has 2 heterocycles. The first kappa shape index (κ1) is 9.11. The molecule has 2 rings (SSSR count). The van der Waals surface area contributed by atoms with Gasteiger partial charge in [-0.25, -0.2) is 14.6 Å². The topological polar surface area (TPSA) is 63.8 Å². The molecule has 2 aromatic heterocycles. The van der Waals surface area contributed by atoms with Crippen molar-refractivity contribution in [3.63, 3.8) is 0 Å². The Hall–Kier alpha value is -1.46. The zero-order chi connectivity index (χ0) is 9.97. The number of halogens is 1. The molecular formula is C8H7ClN4O. The molecule has 0 bridgehead atoms. The summed E-state index contributed by atoms with van der Waals surface area (Å²) >= 11 is 5.79. The van der Waals surface area contributed by atoms with E-state index in [1.54, 1.807) is 12.1 Å². The number of hydrogen-bond donors (Lipinski definition) is 1. The molecule has 0 unspecified atom stereocenters. The second-order valence-corrected chi connectivity index (χ2v) is 3.00. The number of pyridine rings is 1. The van der Waals surface area contributed by atoms with Gasteiger partial charge in [-0.1, -0.05) is 11.6 Å². The van der Waals surface area contributed by atoms with E-state index in [1.807, 2.05) is 0 Å². The van der Waals surface area contributed by atoms with Crippen LogP contribution in [-0.2, 0) is 6.61 Å². The van der Waals surface area contributed by atoms with E-state index in [0.29, 0.717) is 16.5 Å². The summed E-state index contributed by atoms with van der Waals surface area (Å²) in [6, 6.07) is 3.37. The molecule has 0 amide bonds. The molecule has 0 aliphatic rings. The van der Waals surface area contributed by atoms with Gasteiger partial charge in [0.1, 0.15) is 12.7 Å². The van der Waals surface area contributed by atoms with Crippen molar-refractivity contribution >= 4 is 11.6 Å². The van der Waals surface area contributed by atoms with E-state index in [9.17, 15) is 0 Å². The fourth-order valence-electron chi connectivity index (χ4n) is 1.04. The Morgan fingerprint density at radius 3 is 2.93 bits per heavy atom. The van der Waals surface area contributed by atoms with E-state index in [1.165, 1.54) is 17.3 Å². The predicted molar refractivity (Wildman–Crippen MR) is 50.1 cm³/mol. The van der Waals surface area contributed by atoms with E-state index in [4.69, 9.17) is 16.7 Å². The summed E-state index contributed by atoms with van der Waals surface area (Å²) in [5.41, 5.74) is 0.430. The van der Waals surface area contributed by atoms with Crippen LogP contribution >= 0.6 is 11.6 Å². The molecule has 0 atom stereocenters. The summed E-state index contributed by atoms with van der Waals surface area (Å²) in [5.74, 6) is 0.580. The standard InChI is InChI=1S/C8H7ClN4O/c9-6-1-2-8(12-7(6)3-14)13-5-10-4-11-13/h1-2,4-5,14H,3H2. The van der Waals surface area contributed by atoms with Crippen LogP contribution in [0.2, 0.25) is 5.02 Å². The normalized spacial score (nSPS) is 10.4. The van der Waals surface area contributed by atoms with Crippen LogP contribution in [0.15, 0.2) is 24.8 Å². The van der Waals surface area contributed by atoms with Crippen LogP contribution in [-0.4, -0.2) is 24.9 Å². The van der Waals surface area contributed by atoms with Crippen molar-refractivity contribution in [1.29, 1.82) is 0 Å². The molecule has 14 heavy (non-hydrogen) atoms. The monoisotopic (exact) mass is 210 g/mol. The van der Waals surface area contributed by atoms with Crippen LogP contribution in [0.5, 0.6) is 0 Å². The summed E-state index contributed by atoms with van der Waals surface area (Å²) in [6.07, 6.45) is 2.94. The maximum Gasteiger partial charge on any atom is 0.155 e. The largest absolute Gasteiger partial charge is 0.390 e. The summed E-state index contributed by atoms with van der Waals surface area (Å²) in [6.45, 7) is -0.193. The Morgan fingerprint density at radius 2 is 2.29 bits per heavy atom. The van der Waals surface area contributed by atoms with Crippen LogP contribution in [0.25, 0.3) is 5.82 Å². The highest BCUT2D eigenvalue weighted by atomic mass is 35.5. The third-order valence-electron chi connectivity index (χ3n) is 1.71. The number of aromatic nitrogens is 4. The van der Waals surface area contributed by atoms with Crippen LogP contribution in [0.1, 0.15) is 5.69 Å². The molecule has 0 saturated carbocycles. The maximum absolute atomic E-state index is 8.95. The third kappa shape index (κ3) is 1.59. The second-order valence-electron chi connectivity index (χ2n) is 2.60. The Labute approximate surface area is 85.0 Å². The summed E-state index contributed by atoms with van der Waals surface area (Å²) < 4.78 is 1.50. The van der Waals surface area contributed by atoms with Crippen LogP contribution < -0.4 is 0 Å². The minimum Gasteiger partial charge on any atom is -0.390 e. The number of aliphatic hydroxyl groups excluding tert-OH is 1. The van der Waals surface area contributed by atoms with Gasteiger partial charge in [0.15, 0.2) is 5.82 Å². The molecule has 0 aliphatic heterocycles. The molecule has 1 N–H and O–H groups in total. The Kier molecular flexibility index (Phi) is 2.43. The van der Waals surface area contributed by atoms with Crippen molar-refractivity contribution in [3.05, 3.63) is 35.5 Å².